The zero-order valence-corrected chi connectivity index (χ0v) is 16.0. The summed E-state index contributed by atoms with van der Waals surface area (Å²) in [5.74, 6) is -0.398. The van der Waals surface area contributed by atoms with E-state index in [1.54, 1.807) is 24.3 Å². The fourth-order valence-electron chi connectivity index (χ4n) is 2.06. The van der Waals surface area contributed by atoms with Gasteiger partial charge in [-0.15, -0.1) is 0 Å². The second kappa shape index (κ2) is 8.31. The van der Waals surface area contributed by atoms with E-state index < -0.39 is 5.91 Å². The summed E-state index contributed by atoms with van der Waals surface area (Å²) in [6, 6.07) is 14.7. The molecular formula is C18H14Cl2N4OS. The molecule has 0 aliphatic heterocycles. The van der Waals surface area contributed by atoms with Crippen molar-refractivity contribution in [1.29, 1.82) is 0 Å². The minimum absolute atomic E-state index is 0.306. The number of aryl methyl sites for hydroxylation is 1. The maximum absolute atomic E-state index is 12.0. The number of aromatic nitrogens is 1. The number of carbonyl (C=O) groups is 1. The van der Waals surface area contributed by atoms with Crippen LogP contribution in [0.1, 0.15) is 20.8 Å². The highest BCUT2D eigenvalue weighted by Crippen LogP contribution is 2.28. The lowest BCUT2D eigenvalue weighted by Gasteiger charge is -2.02. The maximum Gasteiger partial charge on any atom is 0.272 e. The van der Waals surface area contributed by atoms with Crippen LogP contribution < -0.4 is 10.7 Å². The van der Waals surface area contributed by atoms with Crippen molar-refractivity contribution < 1.29 is 4.79 Å². The first kappa shape index (κ1) is 18.4. The molecule has 2 aromatic carbocycles. The van der Waals surface area contributed by atoms with Gasteiger partial charge in [-0.1, -0.05) is 64.4 Å². The molecule has 0 aliphatic carbocycles. The van der Waals surface area contributed by atoms with Gasteiger partial charge in [0.25, 0.3) is 5.91 Å². The summed E-state index contributed by atoms with van der Waals surface area (Å²) >= 11 is 13.4. The number of anilines is 2. The molecule has 0 saturated carbocycles. The third-order valence-corrected chi connectivity index (χ3v) is 5.01. The number of thiazole rings is 1. The number of hydrogen-bond donors (Lipinski definition) is 2. The summed E-state index contributed by atoms with van der Waals surface area (Å²) in [6.45, 7) is 2.02. The van der Waals surface area contributed by atoms with E-state index in [9.17, 15) is 4.79 Å². The molecule has 3 aromatic rings. The molecule has 1 heterocycles. The molecule has 1 aromatic heterocycles. The second-order valence-electron chi connectivity index (χ2n) is 5.34. The highest BCUT2D eigenvalue weighted by molar-refractivity contribution is 7.17. The Morgan fingerprint density at radius 2 is 1.88 bits per heavy atom. The van der Waals surface area contributed by atoms with E-state index in [0.717, 1.165) is 5.69 Å². The van der Waals surface area contributed by atoms with E-state index in [1.807, 2.05) is 31.2 Å². The third-order valence-electron chi connectivity index (χ3n) is 3.38. The van der Waals surface area contributed by atoms with Gasteiger partial charge >= 0.3 is 0 Å². The zero-order chi connectivity index (χ0) is 18.5. The number of benzene rings is 2. The third kappa shape index (κ3) is 4.60. The minimum atomic E-state index is -0.398. The highest BCUT2D eigenvalue weighted by Gasteiger charge is 2.10. The average Bonchev–Trinajstić information content (AvgIpc) is 2.96. The van der Waals surface area contributed by atoms with Gasteiger partial charge in [0.15, 0.2) is 10.3 Å². The molecule has 0 unspecified atom stereocenters. The Morgan fingerprint density at radius 3 is 2.62 bits per heavy atom. The molecule has 0 bridgehead atoms. The number of hydrazone groups is 1. The second-order valence-corrected chi connectivity index (χ2v) is 7.14. The van der Waals surface area contributed by atoms with E-state index in [1.165, 1.54) is 23.1 Å². The van der Waals surface area contributed by atoms with Gasteiger partial charge in [0, 0.05) is 5.69 Å². The van der Waals surface area contributed by atoms with Gasteiger partial charge in [-0.2, -0.15) is 5.10 Å². The van der Waals surface area contributed by atoms with Crippen molar-refractivity contribution in [2.45, 2.75) is 6.92 Å². The summed E-state index contributed by atoms with van der Waals surface area (Å²) in [7, 11) is 0. The van der Waals surface area contributed by atoms with Crippen LogP contribution in [-0.4, -0.2) is 17.1 Å². The Kier molecular flexibility index (Phi) is 5.88. The maximum atomic E-state index is 12.0. The van der Waals surface area contributed by atoms with Crippen LogP contribution in [0.4, 0.5) is 10.8 Å². The molecule has 8 heteroatoms. The molecule has 1 amide bonds. The van der Waals surface area contributed by atoms with E-state index in [0.29, 0.717) is 25.7 Å². The molecule has 0 spiro atoms. The van der Waals surface area contributed by atoms with E-state index in [2.05, 4.69) is 20.8 Å². The SMILES string of the molecule is Cc1ccc(Nc2nc(Cl)c(/C=N/NC(=O)c3ccccc3Cl)s2)cc1. The summed E-state index contributed by atoms with van der Waals surface area (Å²) in [6.07, 6.45) is 1.45. The van der Waals surface area contributed by atoms with Crippen LogP contribution in [0.2, 0.25) is 10.2 Å². The highest BCUT2D eigenvalue weighted by atomic mass is 35.5. The van der Waals surface area contributed by atoms with Gasteiger partial charge in [-0.05, 0) is 31.2 Å². The fourth-order valence-corrected chi connectivity index (χ4v) is 3.33. The van der Waals surface area contributed by atoms with Crippen molar-refractivity contribution in [2.24, 2.45) is 5.10 Å². The molecule has 0 fully saturated rings. The molecule has 3 rings (SSSR count). The standard InChI is InChI=1S/C18H14Cl2N4OS/c1-11-6-8-12(9-7-11)22-18-23-16(20)15(26-18)10-21-24-17(25)13-4-2-3-5-14(13)19/h2-10H,1H3,(H,22,23)(H,24,25)/b21-10+. The molecule has 0 atom stereocenters. The Balaban J connectivity index is 1.65. The average molecular weight is 405 g/mol. The number of hydrogen-bond acceptors (Lipinski definition) is 5. The quantitative estimate of drug-likeness (QED) is 0.449. The number of rotatable bonds is 5. The van der Waals surface area contributed by atoms with Crippen LogP contribution in [0.5, 0.6) is 0 Å². The largest absolute Gasteiger partial charge is 0.331 e. The van der Waals surface area contributed by atoms with Crippen molar-refractivity contribution in [3.8, 4) is 0 Å². The molecule has 0 aliphatic rings. The predicted molar refractivity (Wildman–Crippen MR) is 108 cm³/mol. The van der Waals surface area contributed by atoms with Crippen LogP contribution >= 0.6 is 34.5 Å². The minimum Gasteiger partial charge on any atom is -0.331 e. The lowest BCUT2D eigenvalue weighted by molar-refractivity contribution is 0.0955. The molecule has 2 N–H and O–H groups in total. The smallest absolute Gasteiger partial charge is 0.272 e. The number of nitrogens with zero attached hydrogens (tertiary/aromatic N) is 2. The van der Waals surface area contributed by atoms with Crippen LogP contribution in [0.3, 0.4) is 0 Å². The Bertz CT molecular complexity index is 954. The Morgan fingerprint density at radius 1 is 1.15 bits per heavy atom. The van der Waals surface area contributed by atoms with Crippen LogP contribution in [0, 0.1) is 6.92 Å². The zero-order valence-electron chi connectivity index (χ0n) is 13.7. The molecule has 5 nitrogen and oxygen atoms in total. The van der Waals surface area contributed by atoms with Crippen LogP contribution in [-0.2, 0) is 0 Å². The first-order chi connectivity index (χ1) is 12.5. The fraction of sp³-hybridized carbons (Fsp3) is 0.0556. The number of halogens is 2. The summed E-state index contributed by atoms with van der Waals surface area (Å²) in [4.78, 5) is 16.9. The van der Waals surface area contributed by atoms with Gasteiger partial charge in [-0.3, -0.25) is 4.79 Å². The molecule has 0 radical (unpaired) electrons. The van der Waals surface area contributed by atoms with E-state index in [4.69, 9.17) is 23.2 Å². The number of nitrogens with one attached hydrogen (secondary N) is 2. The first-order valence-corrected chi connectivity index (χ1v) is 9.18. The van der Waals surface area contributed by atoms with Crippen LogP contribution in [0.25, 0.3) is 0 Å². The molecule has 0 saturated heterocycles. The molecular weight excluding hydrogens is 391 g/mol. The Hall–Kier alpha value is -2.41. The molecule has 26 heavy (non-hydrogen) atoms. The Labute approximate surface area is 164 Å². The van der Waals surface area contributed by atoms with Gasteiger partial charge in [-0.25, -0.2) is 10.4 Å². The van der Waals surface area contributed by atoms with Gasteiger partial charge in [0.1, 0.15) is 0 Å². The van der Waals surface area contributed by atoms with Gasteiger partial charge in [0.05, 0.1) is 21.7 Å². The summed E-state index contributed by atoms with van der Waals surface area (Å²) in [5.41, 5.74) is 4.87. The van der Waals surface area contributed by atoms with E-state index >= 15 is 0 Å². The molecule has 132 valence electrons. The van der Waals surface area contributed by atoms with Crippen LogP contribution in [0.15, 0.2) is 53.6 Å². The predicted octanol–water partition coefficient (Wildman–Crippen LogP) is 5.27. The van der Waals surface area contributed by atoms with Crippen molar-refractivity contribution in [1.82, 2.24) is 10.4 Å². The lowest BCUT2D eigenvalue weighted by Crippen LogP contribution is -2.17. The van der Waals surface area contributed by atoms with Crippen molar-refractivity contribution >= 4 is 57.5 Å². The number of carbonyl (C=O) groups excluding carboxylic acids is 1. The lowest BCUT2D eigenvalue weighted by atomic mass is 10.2. The topological polar surface area (TPSA) is 66.4 Å². The first-order valence-electron chi connectivity index (χ1n) is 7.61. The summed E-state index contributed by atoms with van der Waals surface area (Å²) in [5, 5.41) is 8.41. The van der Waals surface area contributed by atoms with Crippen molar-refractivity contribution in [3.05, 3.63) is 74.7 Å². The normalized spacial score (nSPS) is 10.9. The number of amides is 1. The monoisotopic (exact) mass is 404 g/mol. The van der Waals surface area contributed by atoms with Gasteiger partial charge in [0.2, 0.25) is 0 Å². The van der Waals surface area contributed by atoms with Gasteiger partial charge < -0.3 is 5.32 Å². The summed E-state index contributed by atoms with van der Waals surface area (Å²) < 4.78 is 0. The van der Waals surface area contributed by atoms with Crippen molar-refractivity contribution in [3.63, 3.8) is 0 Å². The van der Waals surface area contributed by atoms with Crippen molar-refractivity contribution in [2.75, 3.05) is 5.32 Å². The van der Waals surface area contributed by atoms with E-state index in [-0.39, 0.29) is 0 Å².